The van der Waals surface area contributed by atoms with Crippen molar-refractivity contribution in [2.75, 3.05) is 10.5 Å². The van der Waals surface area contributed by atoms with Crippen LogP contribution in [-0.2, 0) is 10.0 Å². The highest BCUT2D eigenvalue weighted by molar-refractivity contribution is 7.92. The number of nitrogens with one attached hydrogen (secondary N) is 1. The maximum Gasteiger partial charge on any atom is 0.248 e. The summed E-state index contributed by atoms with van der Waals surface area (Å²) in [7, 11) is -3.69. The van der Waals surface area contributed by atoms with Gasteiger partial charge in [0.1, 0.15) is 0 Å². The van der Waals surface area contributed by atoms with E-state index >= 15 is 0 Å². The topological polar surface area (TPSA) is 113 Å². The largest absolute Gasteiger partial charge is 0.366 e. The zero-order valence-corrected chi connectivity index (χ0v) is 8.99. The first-order valence-corrected chi connectivity index (χ1v) is 5.87. The highest BCUT2D eigenvalue weighted by atomic mass is 32.2. The Bertz CT molecular complexity index is 545. The molecule has 6 nitrogen and oxygen atoms in total. The third-order valence-corrected chi connectivity index (χ3v) is 2.73. The third kappa shape index (κ3) is 3.25. The standard InChI is InChI=1S/C9H9N3O3S/c10-4-5-16(14,15)12-8-3-1-2-7(6-8)9(11)13/h1-3,6,12H,5H2,(H2,11,13). The van der Waals surface area contributed by atoms with Crippen molar-refractivity contribution in [1.29, 1.82) is 5.26 Å². The van der Waals surface area contributed by atoms with Gasteiger partial charge in [0.25, 0.3) is 0 Å². The van der Waals surface area contributed by atoms with Crippen LogP contribution in [-0.4, -0.2) is 20.1 Å². The predicted octanol–water partition coefficient (Wildman–Crippen LogP) is 0.0508. The molecular formula is C9H9N3O3S. The Morgan fingerprint density at radius 2 is 2.19 bits per heavy atom. The zero-order valence-electron chi connectivity index (χ0n) is 8.17. The van der Waals surface area contributed by atoms with Gasteiger partial charge in [-0.3, -0.25) is 9.52 Å². The van der Waals surface area contributed by atoms with Crippen molar-refractivity contribution in [3.05, 3.63) is 29.8 Å². The molecule has 1 rings (SSSR count). The first-order valence-electron chi connectivity index (χ1n) is 4.22. The molecule has 0 saturated carbocycles. The number of rotatable bonds is 4. The average Bonchev–Trinajstić information content (AvgIpc) is 2.17. The number of nitrogens with two attached hydrogens (primary N) is 1. The van der Waals surface area contributed by atoms with E-state index in [1.807, 2.05) is 0 Å². The van der Waals surface area contributed by atoms with Crippen LogP contribution >= 0.6 is 0 Å². The molecule has 0 aliphatic carbocycles. The second-order valence-electron chi connectivity index (χ2n) is 2.96. The maximum atomic E-state index is 11.2. The van der Waals surface area contributed by atoms with Gasteiger partial charge in [0, 0.05) is 11.3 Å². The van der Waals surface area contributed by atoms with Crippen LogP contribution < -0.4 is 10.5 Å². The van der Waals surface area contributed by atoms with E-state index in [0.29, 0.717) is 0 Å². The number of hydrogen-bond donors (Lipinski definition) is 2. The van der Waals surface area contributed by atoms with E-state index in [2.05, 4.69) is 4.72 Å². The van der Waals surface area contributed by atoms with Crippen LogP contribution in [0.15, 0.2) is 24.3 Å². The van der Waals surface area contributed by atoms with Crippen LogP contribution in [0.4, 0.5) is 5.69 Å². The lowest BCUT2D eigenvalue weighted by molar-refractivity contribution is 0.100. The quantitative estimate of drug-likeness (QED) is 0.772. The molecule has 0 radical (unpaired) electrons. The molecule has 1 aromatic rings. The number of anilines is 1. The smallest absolute Gasteiger partial charge is 0.248 e. The van der Waals surface area contributed by atoms with Crippen LogP contribution in [0, 0.1) is 11.3 Å². The number of benzene rings is 1. The summed E-state index contributed by atoms with van der Waals surface area (Å²) < 4.78 is 24.6. The molecule has 0 bridgehead atoms. The van der Waals surface area contributed by atoms with Crippen molar-refractivity contribution in [2.24, 2.45) is 5.73 Å². The van der Waals surface area contributed by atoms with E-state index < -0.39 is 21.7 Å². The van der Waals surface area contributed by atoms with Crippen LogP contribution in [0.3, 0.4) is 0 Å². The summed E-state index contributed by atoms with van der Waals surface area (Å²) in [6, 6.07) is 7.24. The summed E-state index contributed by atoms with van der Waals surface area (Å²) in [5.41, 5.74) is 5.43. The summed E-state index contributed by atoms with van der Waals surface area (Å²) >= 11 is 0. The number of carbonyl (C=O) groups excluding carboxylic acids is 1. The Hall–Kier alpha value is -2.07. The zero-order chi connectivity index (χ0) is 12.2. The number of nitrogens with zero attached hydrogens (tertiary/aromatic N) is 1. The first kappa shape index (κ1) is 12.0. The van der Waals surface area contributed by atoms with Crippen LogP contribution in [0.5, 0.6) is 0 Å². The molecule has 0 aliphatic heterocycles. The van der Waals surface area contributed by atoms with Crippen LogP contribution in [0.2, 0.25) is 0 Å². The molecule has 1 aromatic carbocycles. The normalized spacial score (nSPS) is 10.4. The second kappa shape index (κ2) is 4.63. The minimum atomic E-state index is -3.69. The van der Waals surface area contributed by atoms with Gasteiger partial charge in [-0.05, 0) is 18.2 Å². The molecule has 0 unspecified atom stereocenters. The lowest BCUT2D eigenvalue weighted by Gasteiger charge is -2.05. The Kier molecular flexibility index (Phi) is 3.48. The van der Waals surface area contributed by atoms with Crippen molar-refractivity contribution < 1.29 is 13.2 Å². The third-order valence-electron chi connectivity index (χ3n) is 1.68. The van der Waals surface area contributed by atoms with Crippen LogP contribution in [0.1, 0.15) is 10.4 Å². The highest BCUT2D eigenvalue weighted by Gasteiger charge is 2.10. The Morgan fingerprint density at radius 1 is 1.50 bits per heavy atom. The number of carbonyl (C=O) groups is 1. The molecule has 0 heterocycles. The van der Waals surface area contributed by atoms with Gasteiger partial charge in [-0.1, -0.05) is 6.07 Å². The van der Waals surface area contributed by atoms with Crippen molar-refractivity contribution in [1.82, 2.24) is 0 Å². The summed E-state index contributed by atoms with van der Waals surface area (Å²) in [6.07, 6.45) is 0. The lowest BCUT2D eigenvalue weighted by atomic mass is 10.2. The fraction of sp³-hybridized carbons (Fsp3) is 0.111. The Labute approximate surface area is 92.7 Å². The molecule has 0 spiro atoms. The second-order valence-corrected chi connectivity index (χ2v) is 4.69. The molecule has 0 saturated heterocycles. The number of primary amides is 1. The summed E-state index contributed by atoms with van der Waals surface area (Å²) in [6.45, 7) is 0. The minimum absolute atomic E-state index is 0.192. The van der Waals surface area contributed by atoms with Gasteiger partial charge in [0.05, 0.1) is 6.07 Å². The van der Waals surface area contributed by atoms with E-state index in [4.69, 9.17) is 11.0 Å². The van der Waals surface area contributed by atoms with Gasteiger partial charge in [-0.2, -0.15) is 5.26 Å². The van der Waals surface area contributed by atoms with E-state index in [1.54, 1.807) is 0 Å². The van der Waals surface area contributed by atoms with E-state index in [-0.39, 0.29) is 11.3 Å². The molecule has 1 amide bonds. The molecule has 7 heteroatoms. The Balaban J connectivity index is 2.95. The summed E-state index contributed by atoms with van der Waals surface area (Å²) in [5.74, 6) is -1.30. The number of hydrogen-bond acceptors (Lipinski definition) is 4. The number of nitriles is 1. The molecule has 16 heavy (non-hydrogen) atoms. The minimum Gasteiger partial charge on any atom is -0.366 e. The molecule has 0 aromatic heterocycles. The number of amides is 1. The first-order chi connectivity index (χ1) is 7.44. The lowest BCUT2D eigenvalue weighted by Crippen LogP contribution is -2.16. The van der Waals surface area contributed by atoms with E-state index in [1.165, 1.54) is 30.3 Å². The maximum absolute atomic E-state index is 11.2. The number of sulfonamides is 1. The monoisotopic (exact) mass is 239 g/mol. The van der Waals surface area contributed by atoms with Crippen molar-refractivity contribution in [3.63, 3.8) is 0 Å². The van der Waals surface area contributed by atoms with Gasteiger partial charge in [-0.15, -0.1) is 0 Å². The average molecular weight is 239 g/mol. The van der Waals surface area contributed by atoms with E-state index in [9.17, 15) is 13.2 Å². The predicted molar refractivity (Wildman–Crippen MR) is 58.0 cm³/mol. The van der Waals surface area contributed by atoms with Gasteiger partial charge in [-0.25, -0.2) is 8.42 Å². The fourth-order valence-electron chi connectivity index (χ4n) is 1.04. The van der Waals surface area contributed by atoms with Gasteiger partial charge < -0.3 is 5.73 Å². The van der Waals surface area contributed by atoms with E-state index in [0.717, 1.165) is 0 Å². The van der Waals surface area contributed by atoms with Crippen molar-refractivity contribution in [3.8, 4) is 6.07 Å². The molecular weight excluding hydrogens is 230 g/mol. The molecule has 0 atom stereocenters. The van der Waals surface area contributed by atoms with Crippen molar-refractivity contribution >= 4 is 21.6 Å². The summed E-state index contributed by atoms with van der Waals surface area (Å²) in [4.78, 5) is 10.8. The van der Waals surface area contributed by atoms with Crippen LogP contribution in [0.25, 0.3) is 0 Å². The van der Waals surface area contributed by atoms with Gasteiger partial charge >= 0.3 is 0 Å². The molecule has 0 aliphatic rings. The van der Waals surface area contributed by atoms with Crippen molar-refractivity contribution in [2.45, 2.75) is 0 Å². The Morgan fingerprint density at radius 3 is 2.75 bits per heavy atom. The fourth-order valence-corrected chi connectivity index (χ4v) is 1.76. The van der Waals surface area contributed by atoms with Gasteiger partial charge in [0.2, 0.25) is 15.9 Å². The molecule has 84 valence electrons. The highest BCUT2D eigenvalue weighted by Crippen LogP contribution is 2.11. The summed E-state index contributed by atoms with van der Waals surface area (Å²) in [5, 5.41) is 8.28. The SMILES string of the molecule is N#CCS(=O)(=O)Nc1cccc(C(N)=O)c1. The van der Waals surface area contributed by atoms with Gasteiger partial charge in [0.15, 0.2) is 5.75 Å². The molecule has 0 fully saturated rings. The molecule has 3 N–H and O–H groups in total.